The van der Waals surface area contributed by atoms with Gasteiger partial charge >= 0.3 is 12.1 Å². The minimum atomic E-state index is -5.05. The highest BCUT2D eigenvalue weighted by atomic mass is 19.4. The van der Waals surface area contributed by atoms with Gasteiger partial charge in [-0.15, -0.1) is 0 Å². The molecule has 0 aliphatic rings. The molecule has 102 valence electrons. The number of aliphatic carboxylic acids is 1. The molecule has 19 heavy (non-hydrogen) atoms. The van der Waals surface area contributed by atoms with Gasteiger partial charge in [0.15, 0.2) is 5.69 Å². The SMILES string of the molecule is N#Cc1nc(C(F)F)cc(CC(=O)O)c1C(F)(F)F. The van der Waals surface area contributed by atoms with Crippen LogP contribution in [0.1, 0.15) is 28.9 Å². The molecule has 0 atom stereocenters. The lowest BCUT2D eigenvalue weighted by Gasteiger charge is -2.14. The number of rotatable bonds is 3. The van der Waals surface area contributed by atoms with Gasteiger partial charge in [0.25, 0.3) is 6.43 Å². The van der Waals surface area contributed by atoms with Gasteiger partial charge in [-0.2, -0.15) is 18.4 Å². The van der Waals surface area contributed by atoms with Crippen LogP contribution >= 0.6 is 0 Å². The Morgan fingerprint density at radius 1 is 1.47 bits per heavy atom. The van der Waals surface area contributed by atoms with Crippen molar-refractivity contribution in [2.75, 3.05) is 0 Å². The van der Waals surface area contributed by atoms with E-state index in [0.29, 0.717) is 6.07 Å². The summed E-state index contributed by atoms with van der Waals surface area (Å²) in [6, 6.07) is 1.40. The molecule has 0 aromatic carbocycles. The number of hydrogen-bond donors (Lipinski definition) is 1. The Morgan fingerprint density at radius 2 is 2.05 bits per heavy atom. The summed E-state index contributed by atoms with van der Waals surface area (Å²) < 4.78 is 63.0. The standard InChI is InChI=1S/C10H5F5N2O2/c11-9(12)5-1-4(2-7(18)19)8(10(13,14)15)6(3-16)17-5/h1,9H,2H2,(H,18,19). The lowest BCUT2D eigenvalue weighted by atomic mass is 10.0. The smallest absolute Gasteiger partial charge is 0.419 e. The normalized spacial score (nSPS) is 11.4. The second kappa shape index (κ2) is 5.17. The number of nitrogens with zero attached hydrogens (tertiary/aromatic N) is 2. The first kappa shape index (κ1) is 14.8. The van der Waals surface area contributed by atoms with Crippen LogP contribution in [0.3, 0.4) is 0 Å². The maximum absolute atomic E-state index is 12.7. The molecule has 0 aliphatic carbocycles. The number of halogens is 5. The number of carbonyl (C=O) groups is 1. The van der Waals surface area contributed by atoms with Crippen molar-refractivity contribution in [2.45, 2.75) is 19.0 Å². The largest absolute Gasteiger partial charge is 0.481 e. The molecule has 0 fully saturated rings. The monoisotopic (exact) mass is 280 g/mol. The fraction of sp³-hybridized carbons (Fsp3) is 0.300. The van der Waals surface area contributed by atoms with Gasteiger partial charge in [-0.3, -0.25) is 4.79 Å². The van der Waals surface area contributed by atoms with Crippen LogP contribution < -0.4 is 0 Å². The third kappa shape index (κ3) is 3.37. The molecular formula is C10H5F5N2O2. The van der Waals surface area contributed by atoms with Gasteiger partial charge in [-0.05, 0) is 11.6 Å². The van der Waals surface area contributed by atoms with Gasteiger partial charge in [-0.1, -0.05) is 0 Å². The van der Waals surface area contributed by atoms with Crippen LogP contribution in [0.4, 0.5) is 22.0 Å². The van der Waals surface area contributed by atoms with E-state index in [1.54, 1.807) is 0 Å². The maximum atomic E-state index is 12.7. The first-order valence-corrected chi connectivity index (χ1v) is 4.68. The number of carboxylic acid groups (broad SMARTS) is 1. The summed E-state index contributed by atoms with van der Waals surface area (Å²) in [5.41, 5.74) is -4.84. The van der Waals surface area contributed by atoms with E-state index in [1.165, 1.54) is 0 Å². The first-order chi connectivity index (χ1) is 8.66. The first-order valence-electron chi connectivity index (χ1n) is 4.68. The minimum absolute atomic E-state index is 0.350. The van der Waals surface area contributed by atoms with Gasteiger partial charge in [0.2, 0.25) is 0 Å². The highest BCUT2D eigenvalue weighted by molar-refractivity contribution is 5.71. The number of alkyl halides is 5. The second-order valence-electron chi connectivity index (χ2n) is 3.41. The quantitative estimate of drug-likeness (QED) is 0.863. The van der Waals surface area contributed by atoms with Crippen molar-refractivity contribution in [1.82, 2.24) is 4.98 Å². The molecule has 0 amide bonds. The van der Waals surface area contributed by atoms with Gasteiger partial charge in [0, 0.05) is 0 Å². The fourth-order valence-corrected chi connectivity index (χ4v) is 1.43. The van der Waals surface area contributed by atoms with Crippen molar-refractivity contribution < 1.29 is 31.9 Å². The van der Waals surface area contributed by atoms with Gasteiger partial charge in [0.05, 0.1) is 12.0 Å². The van der Waals surface area contributed by atoms with E-state index >= 15 is 0 Å². The summed E-state index contributed by atoms with van der Waals surface area (Å²) in [6.45, 7) is 0. The van der Waals surface area contributed by atoms with Crippen LogP contribution in [0.2, 0.25) is 0 Å². The number of nitriles is 1. The zero-order valence-corrected chi connectivity index (χ0v) is 9.00. The predicted octanol–water partition coefficient (Wildman–Crippen LogP) is 2.54. The molecule has 0 bridgehead atoms. The van der Waals surface area contributed by atoms with Gasteiger partial charge in [0.1, 0.15) is 11.8 Å². The molecule has 0 saturated heterocycles. The average Bonchev–Trinajstić information content (AvgIpc) is 2.25. The van der Waals surface area contributed by atoms with Crippen molar-refractivity contribution in [3.63, 3.8) is 0 Å². The van der Waals surface area contributed by atoms with E-state index < -0.39 is 47.5 Å². The lowest BCUT2D eigenvalue weighted by molar-refractivity contribution is -0.140. The Kier molecular flexibility index (Phi) is 4.04. The van der Waals surface area contributed by atoms with Crippen molar-refractivity contribution in [2.24, 2.45) is 0 Å². The van der Waals surface area contributed by atoms with E-state index in [1.807, 2.05) is 0 Å². The van der Waals surface area contributed by atoms with Crippen molar-refractivity contribution in [3.05, 3.63) is 28.6 Å². The number of aromatic nitrogens is 1. The molecule has 1 rings (SSSR count). The van der Waals surface area contributed by atoms with E-state index in [9.17, 15) is 26.7 Å². The lowest BCUT2D eigenvalue weighted by Crippen LogP contribution is -2.17. The van der Waals surface area contributed by atoms with E-state index in [0.717, 1.165) is 6.07 Å². The summed E-state index contributed by atoms with van der Waals surface area (Å²) in [5, 5.41) is 17.0. The third-order valence-electron chi connectivity index (χ3n) is 2.08. The van der Waals surface area contributed by atoms with Crippen LogP contribution in [-0.4, -0.2) is 16.1 Å². The van der Waals surface area contributed by atoms with Crippen LogP contribution in [0, 0.1) is 11.3 Å². The molecule has 0 spiro atoms. The van der Waals surface area contributed by atoms with Gasteiger partial charge in [-0.25, -0.2) is 13.8 Å². The molecule has 0 radical (unpaired) electrons. The van der Waals surface area contributed by atoms with Crippen molar-refractivity contribution in [1.29, 1.82) is 5.26 Å². The summed E-state index contributed by atoms with van der Waals surface area (Å²) in [7, 11) is 0. The third-order valence-corrected chi connectivity index (χ3v) is 2.08. The maximum Gasteiger partial charge on any atom is 0.419 e. The molecule has 1 heterocycles. The fourth-order valence-electron chi connectivity index (χ4n) is 1.43. The molecule has 1 aromatic heterocycles. The van der Waals surface area contributed by atoms with Crippen LogP contribution in [0.15, 0.2) is 6.07 Å². The Labute approximate surface area is 103 Å². The van der Waals surface area contributed by atoms with E-state index in [2.05, 4.69) is 4.98 Å². The van der Waals surface area contributed by atoms with Gasteiger partial charge < -0.3 is 5.11 Å². The Bertz CT molecular complexity index is 548. The molecule has 9 heteroatoms. The Balaban J connectivity index is 3.58. The van der Waals surface area contributed by atoms with Crippen LogP contribution in [0.25, 0.3) is 0 Å². The topological polar surface area (TPSA) is 74.0 Å². The molecule has 0 saturated carbocycles. The van der Waals surface area contributed by atoms with Crippen molar-refractivity contribution >= 4 is 5.97 Å². The number of hydrogen-bond acceptors (Lipinski definition) is 3. The Morgan fingerprint density at radius 3 is 2.42 bits per heavy atom. The Hall–Kier alpha value is -2.24. The molecule has 0 unspecified atom stereocenters. The minimum Gasteiger partial charge on any atom is -0.481 e. The van der Waals surface area contributed by atoms with Crippen LogP contribution in [0.5, 0.6) is 0 Å². The summed E-state index contributed by atoms with van der Waals surface area (Å²) in [4.78, 5) is 13.4. The highest BCUT2D eigenvalue weighted by Crippen LogP contribution is 2.35. The zero-order valence-electron chi connectivity index (χ0n) is 9.00. The van der Waals surface area contributed by atoms with Crippen molar-refractivity contribution in [3.8, 4) is 6.07 Å². The zero-order chi connectivity index (χ0) is 14.8. The average molecular weight is 280 g/mol. The van der Waals surface area contributed by atoms with E-state index in [4.69, 9.17) is 10.4 Å². The highest BCUT2D eigenvalue weighted by Gasteiger charge is 2.38. The van der Waals surface area contributed by atoms with Crippen LogP contribution in [-0.2, 0) is 17.4 Å². The van der Waals surface area contributed by atoms with E-state index in [-0.39, 0.29) is 0 Å². The molecule has 1 aromatic rings. The number of carboxylic acids is 1. The number of pyridine rings is 1. The molecule has 0 aliphatic heterocycles. The summed E-state index contributed by atoms with van der Waals surface area (Å²) in [5.74, 6) is -1.64. The summed E-state index contributed by atoms with van der Waals surface area (Å²) in [6.07, 6.45) is -9.39. The molecule has 1 N–H and O–H groups in total. The predicted molar refractivity (Wildman–Crippen MR) is 50.3 cm³/mol. The molecule has 4 nitrogen and oxygen atoms in total. The summed E-state index contributed by atoms with van der Waals surface area (Å²) >= 11 is 0. The second-order valence-corrected chi connectivity index (χ2v) is 3.41. The molecular weight excluding hydrogens is 275 g/mol.